The maximum absolute atomic E-state index is 12.3. The molecule has 1 fully saturated rings. The van der Waals surface area contributed by atoms with E-state index in [-0.39, 0.29) is 11.8 Å². The third-order valence-corrected chi connectivity index (χ3v) is 6.01. The quantitative estimate of drug-likeness (QED) is 0.735. The zero-order valence-electron chi connectivity index (χ0n) is 16.3. The highest BCUT2D eigenvalue weighted by atomic mass is 35.5. The molecule has 0 spiro atoms. The predicted octanol–water partition coefficient (Wildman–Crippen LogP) is 4.17. The van der Waals surface area contributed by atoms with Crippen LogP contribution in [-0.4, -0.2) is 41.1 Å². The molecule has 2 N–H and O–H groups in total. The Hall–Kier alpha value is -2.31. The Kier molecular flexibility index (Phi) is 6.65. The smallest absolute Gasteiger partial charge is 0.325 e. The number of amides is 1. The van der Waals surface area contributed by atoms with Gasteiger partial charge >= 0.3 is 5.97 Å². The second-order valence-electron chi connectivity index (χ2n) is 7.27. The zero-order chi connectivity index (χ0) is 21.1. The van der Waals surface area contributed by atoms with Gasteiger partial charge in [-0.1, -0.05) is 41.4 Å². The molecule has 2 aromatic rings. The number of rotatable bonds is 5. The number of carbonyl (C=O) groups excluding carboxylic acids is 1. The summed E-state index contributed by atoms with van der Waals surface area (Å²) in [6, 6.07) is 8.50. The number of piperidine rings is 1. The summed E-state index contributed by atoms with van der Waals surface area (Å²) >= 11 is 12.5. The maximum atomic E-state index is 12.3. The van der Waals surface area contributed by atoms with E-state index in [1.807, 2.05) is 31.2 Å². The minimum Gasteiger partial charge on any atom is -0.480 e. The summed E-state index contributed by atoms with van der Waals surface area (Å²) in [7, 11) is 0. The highest BCUT2D eigenvalue weighted by Gasteiger charge is 2.28. The summed E-state index contributed by atoms with van der Waals surface area (Å²) in [5.74, 6) is -0.578. The van der Waals surface area contributed by atoms with Crippen LogP contribution in [0.1, 0.15) is 25.3 Å². The molecule has 29 heavy (non-hydrogen) atoms. The van der Waals surface area contributed by atoms with E-state index >= 15 is 0 Å². The second kappa shape index (κ2) is 9.01. The lowest BCUT2D eigenvalue weighted by molar-refractivity contribution is -0.142. The standard InChI is InChI=1S/C21H23Cl2N3O3/c1-12-6-7-17(15-4-3-5-16(22)18(15)23)25-19(12)26-10-8-14(9-11-26)20(27)24-13(2)21(28)29/h3-7,13-14H,8-11H2,1-2H3,(H,24,27)(H,28,29)/t13-/m0/s1. The van der Waals surface area contributed by atoms with Crippen molar-refractivity contribution in [1.29, 1.82) is 0 Å². The molecule has 1 aliphatic rings. The number of benzene rings is 1. The van der Waals surface area contributed by atoms with E-state index in [1.165, 1.54) is 6.92 Å². The Bertz CT molecular complexity index is 927. The molecule has 2 heterocycles. The normalized spacial score (nSPS) is 15.8. The number of carbonyl (C=O) groups is 2. The van der Waals surface area contributed by atoms with Gasteiger partial charge in [0.2, 0.25) is 5.91 Å². The highest BCUT2D eigenvalue weighted by molar-refractivity contribution is 6.43. The SMILES string of the molecule is Cc1ccc(-c2cccc(Cl)c2Cl)nc1N1CCC(C(=O)N[C@@H](C)C(=O)O)CC1. The van der Waals surface area contributed by atoms with Crippen LogP contribution in [-0.2, 0) is 9.59 Å². The summed E-state index contributed by atoms with van der Waals surface area (Å²) in [5.41, 5.74) is 2.56. The summed E-state index contributed by atoms with van der Waals surface area (Å²) in [6.45, 7) is 4.80. The Balaban J connectivity index is 1.73. The molecule has 1 atom stereocenters. The van der Waals surface area contributed by atoms with Crippen molar-refractivity contribution < 1.29 is 14.7 Å². The molecule has 6 nitrogen and oxygen atoms in total. The van der Waals surface area contributed by atoms with Gasteiger partial charge in [0.15, 0.2) is 0 Å². The number of hydrogen-bond acceptors (Lipinski definition) is 4. The number of anilines is 1. The van der Waals surface area contributed by atoms with Crippen LogP contribution in [0.15, 0.2) is 30.3 Å². The van der Waals surface area contributed by atoms with Gasteiger partial charge in [-0.2, -0.15) is 0 Å². The minimum atomic E-state index is -1.04. The van der Waals surface area contributed by atoms with Crippen molar-refractivity contribution in [2.24, 2.45) is 5.92 Å². The first-order valence-corrected chi connectivity index (χ1v) is 10.2. The van der Waals surface area contributed by atoms with E-state index in [9.17, 15) is 9.59 Å². The van der Waals surface area contributed by atoms with Gasteiger partial charge in [0, 0.05) is 24.6 Å². The number of hydrogen-bond donors (Lipinski definition) is 2. The molecule has 154 valence electrons. The van der Waals surface area contributed by atoms with Crippen LogP contribution < -0.4 is 10.2 Å². The van der Waals surface area contributed by atoms with Crippen LogP contribution in [0.25, 0.3) is 11.3 Å². The second-order valence-corrected chi connectivity index (χ2v) is 8.05. The molecule has 8 heteroatoms. The fourth-order valence-electron chi connectivity index (χ4n) is 3.44. The van der Waals surface area contributed by atoms with E-state index in [0.29, 0.717) is 36.0 Å². The Labute approximate surface area is 179 Å². The molecule has 1 aliphatic heterocycles. The van der Waals surface area contributed by atoms with E-state index in [2.05, 4.69) is 10.2 Å². The zero-order valence-corrected chi connectivity index (χ0v) is 17.8. The molecule has 0 bridgehead atoms. The highest BCUT2D eigenvalue weighted by Crippen LogP contribution is 2.34. The summed E-state index contributed by atoms with van der Waals surface area (Å²) in [4.78, 5) is 30.2. The van der Waals surface area contributed by atoms with Gasteiger partial charge in [-0.3, -0.25) is 9.59 Å². The van der Waals surface area contributed by atoms with Crippen LogP contribution in [0.3, 0.4) is 0 Å². The number of carboxylic acids is 1. The molecular weight excluding hydrogens is 413 g/mol. The fraction of sp³-hybridized carbons (Fsp3) is 0.381. The molecule has 1 amide bonds. The molecule has 1 saturated heterocycles. The number of carboxylic acid groups (broad SMARTS) is 1. The number of aliphatic carboxylic acids is 1. The van der Waals surface area contributed by atoms with Gasteiger partial charge in [0.1, 0.15) is 11.9 Å². The van der Waals surface area contributed by atoms with Gasteiger partial charge in [-0.05, 0) is 44.4 Å². The number of pyridine rings is 1. The number of aryl methyl sites for hydroxylation is 1. The van der Waals surface area contributed by atoms with Crippen molar-refractivity contribution in [3.05, 3.63) is 45.9 Å². The van der Waals surface area contributed by atoms with Crippen LogP contribution >= 0.6 is 23.2 Å². The lowest BCUT2D eigenvalue weighted by Crippen LogP contribution is -2.45. The maximum Gasteiger partial charge on any atom is 0.325 e. The average molecular weight is 436 g/mol. The molecule has 1 aromatic heterocycles. The van der Waals surface area contributed by atoms with Gasteiger partial charge in [-0.15, -0.1) is 0 Å². The molecule has 0 aliphatic carbocycles. The Morgan fingerprint density at radius 2 is 1.90 bits per heavy atom. The molecule has 1 aromatic carbocycles. The Morgan fingerprint density at radius 3 is 2.55 bits per heavy atom. The van der Waals surface area contributed by atoms with Gasteiger partial charge in [0.25, 0.3) is 0 Å². The van der Waals surface area contributed by atoms with E-state index in [4.69, 9.17) is 33.3 Å². The summed E-state index contributed by atoms with van der Waals surface area (Å²) < 4.78 is 0. The van der Waals surface area contributed by atoms with E-state index in [1.54, 1.807) is 6.07 Å². The van der Waals surface area contributed by atoms with Crippen molar-refractivity contribution in [1.82, 2.24) is 10.3 Å². The molecule has 0 radical (unpaired) electrons. The molecule has 3 rings (SSSR count). The van der Waals surface area contributed by atoms with Crippen LogP contribution in [0.2, 0.25) is 10.0 Å². The first kappa shape index (κ1) is 21.4. The fourth-order valence-corrected chi connectivity index (χ4v) is 3.83. The van der Waals surface area contributed by atoms with Crippen LogP contribution in [0.4, 0.5) is 5.82 Å². The summed E-state index contributed by atoms with van der Waals surface area (Å²) in [6.07, 6.45) is 1.28. The third-order valence-electron chi connectivity index (χ3n) is 5.19. The van der Waals surface area contributed by atoms with E-state index in [0.717, 1.165) is 22.6 Å². The first-order chi connectivity index (χ1) is 13.8. The van der Waals surface area contributed by atoms with Crippen LogP contribution in [0, 0.1) is 12.8 Å². The van der Waals surface area contributed by atoms with Gasteiger partial charge in [0.05, 0.1) is 15.7 Å². The monoisotopic (exact) mass is 435 g/mol. The van der Waals surface area contributed by atoms with Crippen molar-refractivity contribution in [3.8, 4) is 11.3 Å². The largest absolute Gasteiger partial charge is 0.480 e. The first-order valence-electron chi connectivity index (χ1n) is 9.48. The summed E-state index contributed by atoms with van der Waals surface area (Å²) in [5, 5.41) is 12.5. The van der Waals surface area contributed by atoms with Crippen molar-refractivity contribution in [2.75, 3.05) is 18.0 Å². The lowest BCUT2D eigenvalue weighted by Gasteiger charge is -2.33. The van der Waals surface area contributed by atoms with Crippen molar-refractivity contribution >= 4 is 40.9 Å². The number of nitrogens with zero attached hydrogens (tertiary/aromatic N) is 2. The van der Waals surface area contributed by atoms with Crippen molar-refractivity contribution in [2.45, 2.75) is 32.7 Å². The lowest BCUT2D eigenvalue weighted by atomic mass is 9.95. The predicted molar refractivity (Wildman–Crippen MR) is 115 cm³/mol. The topological polar surface area (TPSA) is 82.5 Å². The Morgan fingerprint density at radius 1 is 1.21 bits per heavy atom. The number of nitrogens with one attached hydrogen (secondary N) is 1. The number of aromatic nitrogens is 1. The van der Waals surface area contributed by atoms with Gasteiger partial charge in [-0.25, -0.2) is 4.98 Å². The third kappa shape index (κ3) is 4.82. The van der Waals surface area contributed by atoms with Crippen molar-refractivity contribution in [3.63, 3.8) is 0 Å². The molecular formula is C21H23Cl2N3O3. The minimum absolute atomic E-state index is 0.195. The van der Waals surface area contributed by atoms with Gasteiger partial charge < -0.3 is 15.3 Å². The van der Waals surface area contributed by atoms with Crippen LogP contribution in [0.5, 0.6) is 0 Å². The average Bonchev–Trinajstić information content (AvgIpc) is 2.70. The molecule has 0 unspecified atom stereocenters. The number of halogens is 2. The van der Waals surface area contributed by atoms with E-state index < -0.39 is 12.0 Å². The molecule has 0 saturated carbocycles.